The molecule has 174 valence electrons. The van der Waals surface area contributed by atoms with Gasteiger partial charge in [-0.05, 0) is 0 Å². The maximum absolute atomic E-state index is 11.6. The van der Waals surface area contributed by atoms with Crippen LogP contribution in [0.1, 0.15) is 12.6 Å². The van der Waals surface area contributed by atoms with Crippen LogP contribution < -0.4 is 25.3 Å². The van der Waals surface area contributed by atoms with Gasteiger partial charge in [-0.25, -0.2) is 9.29 Å². The lowest BCUT2D eigenvalue weighted by molar-refractivity contribution is -0.339. The number of phosphoric ester groups is 1. The fourth-order valence-corrected chi connectivity index (χ4v) is 5.68. The van der Waals surface area contributed by atoms with Crippen molar-refractivity contribution in [1.82, 2.24) is 19.5 Å². The summed E-state index contributed by atoms with van der Waals surface area (Å²) in [4.78, 5) is 55.0. The smallest absolute Gasteiger partial charge is 0.278 e. The van der Waals surface area contributed by atoms with E-state index in [0.717, 1.165) is 0 Å². The second-order valence-electron chi connectivity index (χ2n) is 5.93. The molecule has 1 aliphatic heterocycles. The molecular weight excluding hydrogens is 511 g/mol. The molecule has 0 aliphatic carbocycles. The molecule has 21 heteroatoms. The summed E-state index contributed by atoms with van der Waals surface area (Å²) >= 11 is 5.92. The number of fused-ring (bicyclic) bond motifs is 1. The van der Waals surface area contributed by atoms with Crippen LogP contribution in [0.15, 0.2) is 6.33 Å². The Kier molecular flexibility index (Phi) is 6.93. The number of rotatable bonds is 8. The van der Waals surface area contributed by atoms with E-state index >= 15 is 0 Å². The van der Waals surface area contributed by atoms with Gasteiger partial charge in [0.1, 0.15) is 17.8 Å². The molecule has 5 unspecified atom stereocenters. The van der Waals surface area contributed by atoms with E-state index < -0.39 is 48.5 Å². The predicted molar refractivity (Wildman–Crippen MR) is 90.2 cm³/mol. The summed E-state index contributed by atoms with van der Waals surface area (Å²) < 4.78 is 50.6. The van der Waals surface area contributed by atoms with Crippen molar-refractivity contribution in [3.05, 3.63) is 11.5 Å². The molecule has 3 rings (SSSR count). The molecule has 0 amide bonds. The summed E-state index contributed by atoms with van der Waals surface area (Å²) in [5, 5.41) is 10.1. The Hall–Kier alpha value is -1.03. The zero-order chi connectivity index (χ0) is 23.2. The largest absolute Gasteiger partial charge is 0.790 e. The molecule has 3 heterocycles. The zero-order valence-electron chi connectivity index (χ0n) is 14.7. The van der Waals surface area contributed by atoms with Gasteiger partial charge in [0.2, 0.25) is 5.95 Å². The maximum Gasteiger partial charge on any atom is 0.278 e. The molecule has 0 bridgehead atoms. The molecule has 2 aromatic heterocycles. The van der Waals surface area contributed by atoms with E-state index in [0.29, 0.717) is 0 Å². The van der Waals surface area contributed by atoms with Gasteiger partial charge in [0.25, 0.3) is 15.6 Å². The number of aliphatic hydroxyl groups is 1. The fourth-order valence-electron chi connectivity index (χ4n) is 2.59. The average molecular weight is 522 g/mol. The first-order valence-electron chi connectivity index (χ1n) is 7.86. The Morgan fingerprint density at radius 1 is 1.23 bits per heavy atom. The quantitative estimate of drug-likeness (QED) is 0.269. The van der Waals surface area contributed by atoms with Crippen LogP contribution in [0.4, 0.5) is 5.95 Å². The highest BCUT2D eigenvalue weighted by Crippen LogP contribution is 2.60. The molecule has 1 aliphatic rings. The van der Waals surface area contributed by atoms with Crippen molar-refractivity contribution in [3.63, 3.8) is 0 Å². The number of imidazole rings is 1. The molecule has 1 saturated heterocycles. The molecular formula is C10H11ClN5O12P3-4. The Bertz CT molecular complexity index is 1120. The minimum atomic E-state index is -6.10. The molecule has 31 heavy (non-hydrogen) atoms. The second kappa shape index (κ2) is 8.72. The number of aliphatic hydroxyl groups excluding tert-OH is 1. The Balaban J connectivity index is 1.66. The zero-order valence-corrected chi connectivity index (χ0v) is 18.2. The molecule has 0 spiro atoms. The van der Waals surface area contributed by atoms with Gasteiger partial charge in [-0.1, -0.05) is 11.6 Å². The van der Waals surface area contributed by atoms with E-state index in [1.165, 1.54) is 10.9 Å². The van der Waals surface area contributed by atoms with E-state index in [2.05, 4.69) is 28.1 Å². The van der Waals surface area contributed by atoms with Crippen molar-refractivity contribution in [2.24, 2.45) is 0 Å². The van der Waals surface area contributed by atoms with Crippen LogP contribution in [0.2, 0.25) is 5.15 Å². The second-order valence-corrected chi connectivity index (χ2v) is 10.5. The van der Waals surface area contributed by atoms with Gasteiger partial charge >= 0.3 is 0 Å². The van der Waals surface area contributed by atoms with Crippen LogP contribution >= 0.6 is 35.1 Å². The van der Waals surface area contributed by atoms with Crippen molar-refractivity contribution in [1.29, 1.82) is 0 Å². The van der Waals surface area contributed by atoms with E-state index in [9.17, 15) is 38.4 Å². The summed E-state index contributed by atoms with van der Waals surface area (Å²) in [7, 11) is -17.9. The molecule has 0 radical (unpaired) electrons. The van der Waals surface area contributed by atoms with Gasteiger partial charge in [0.15, 0.2) is 10.8 Å². The highest BCUT2D eigenvalue weighted by Gasteiger charge is 2.37. The first kappa shape index (κ1) is 24.6. The highest BCUT2D eigenvalue weighted by molar-refractivity contribution is 7.64. The summed E-state index contributed by atoms with van der Waals surface area (Å²) in [5.41, 5.74) is 5.89. The first-order chi connectivity index (χ1) is 14.2. The van der Waals surface area contributed by atoms with E-state index in [1.54, 1.807) is 0 Å². The Morgan fingerprint density at radius 3 is 2.55 bits per heavy atom. The third kappa shape index (κ3) is 6.27. The van der Waals surface area contributed by atoms with E-state index in [4.69, 9.17) is 22.1 Å². The molecule has 3 N–H and O–H groups in total. The summed E-state index contributed by atoms with van der Waals surface area (Å²) in [6.07, 6.45) is -2.35. The number of nitrogens with two attached hydrogens (primary N) is 1. The SMILES string of the molecule is Nc1nc(Cl)c2ncn(C3CC(O)C(COP(=O)([O-])OP(=O)([O-])OP(=O)([O-])[O-])O3)c2n1. The average Bonchev–Trinajstić information content (AvgIpc) is 3.13. The lowest BCUT2D eigenvalue weighted by atomic mass is 10.2. The standard InChI is InChI=1S/C10H15ClN5O12P3/c11-8-7-9(15-10(12)14-8)16(3-13-7)6-1-4(17)5(26-6)2-25-30(21,22)28-31(23,24)27-29(18,19)20/h3-6,17H,1-2H2,(H,21,22)(H,23,24)(H2,12,14,15)(H2,18,19,20)/p-4. The van der Waals surface area contributed by atoms with Crippen LogP contribution in [0.3, 0.4) is 0 Å². The van der Waals surface area contributed by atoms with Crippen molar-refractivity contribution < 1.29 is 56.3 Å². The fraction of sp³-hybridized carbons (Fsp3) is 0.500. The molecule has 1 fully saturated rings. The first-order valence-corrected chi connectivity index (χ1v) is 12.6. The topological polar surface area (TPSA) is 270 Å². The van der Waals surface area contributed by atoms with Gasteiger partial charge in [-0.15, -0.1) is 0 Å². The van der Waals surface area contributed by atoms with Crippen LogP contribution in [0, 0.1) is 0 Å². The number of nitrogens with zero attached hydrogens (tertiary/aromatic N) is 4. The lowest BCUT2D eigenvalue weighted by Crippen LogP contribution is -2.27. The number of hydrogen-bond acceptors (Lipinski definition) is 16. The molecule has 17 nitrogen and oxygen atoms in total. The normalized spacial score (nSPS) is 26.1. The lowest BCUT2D eigenvalue weighted by Gasteiger charge is -2.37. The van der Waals surface area contributed by atoms with Crippen LogP contribution in [-0.2, 0) is 31.6 Å². The molecule has 0 saturated carbocycles. The number of anilines is 1. The summed E-state index contributed by atoms with van der Waals surface area (Å²) in [6.45, 7) is -0.935. The third-order valence-corrected chi connectivity index (χ3v) is 7.64. The Labute approximate surface area is 177 Å². The van der Waals surface area contributed by atoms with Crippen molar-refractivity contribution in [2.75, 3.05) is 12.3 Å². The molecule has 0 aromatic carbocycles. The van der Waals surface area contributed by atoms with Crippen molar-refractivity contribution in [2.45, 2.75) is 24.9 Å². The molecule has 5 atom stereocenters. The summed E-state index contributed by atoms with van der Waals surface area (Å²) in [6, 6.07) is 0. The molecule has 2 aromatic rings. The number of aromatic nitrogens is 4. The number of ether oxygens (including phenoxy) is 1. The number of halogens is 1. The van der Waals surface area contributed by atoms with Crippen molar-refractivity contribution >= 4 is 52.2 Å². The maximum atomic E-state index is 11.6. The number of hydrogen-bond donors (Lipinski definition) is 2. The van der Waals surface area contributed by atoms with Crippen LogP contribution in [0.5, 0.6) is 0 Å². The van der Waals surface area contributed by atoms with Gasteiger partial charge in [0, 0.05) is 6.42 Å². The van der Waals surface area contributed by atoms with Crippen LogP contribution in [-0.4, -0.2) is 43.4 Å². The minimum absolute atomic E-state index is 0.0333. The number of phosphoric acid groups is 3. The van der Waals surface area contributed by atoms with Crippen molar-refractivity contribution in [3.8, 4) is 0 Å². The highest BCUT2D eigenvalue weighted by atomic mass is 35.5. The van der Waals surface area contributed by atoms with Crippen LogP contribution in [0.25, 0.3) is 11.2 Å². The monoisotopic (exact) mass is 521 g/mol. The minimum Gasteiger partial charge on any atom is -0.790 e. The van der Waals surface area contributed by atoms with Gasteiger partial charge in [-0.3, -0.25) is 18.0 Å². The Morgan fingerprint density at radius 2 is 1.90 bits per heavy atom. The third-order valence-electron chi connectivity index (χ3n) is 3.71. The van der Waals surface area contributed by atoms with Gasteiger partial charge in [-0.2, -0.15) is 9.97 Å². The van der Waals surface area contributed by atoms with Gasteiger partial charge in [0.05, 0.1) is 26.9 Å². The predicted octanol–water partition coefficient (Wildman–Crippen LogP) is -2.47. The number of nitrogen functional groups attached to an aromatic ring is 1. The summed E-state index contributed by atoms with van der Waals surface area (Å²) in [5.74, 6) is -0.160. The van der Waals surface area contributed by atoms with E-state index in [1.807, 2.05) is 0 Å². The van der Waals surface area contributed by atoms with Gasteiger partial charge < -0.3 is 44.2 Å². The van der Waals surface area contributed by atoms with E-state index in [-0.39, 0.29) is 28.7 Å².